The quantitative estimate of drug-likeness (QED) is 0.646. The minimum absolute atomic E-state index is 0.124. The third-order valence-corrected chi connectivity index (χ3v) is 5.60. The van der Waals surface area contributed by atoms with Crippen LogP contribution in [0, 0.1) is 6.92 Å². The lowest BCUT2D eigenvalue weighted by atomic mass is 10.2. The average molecular weight is 447 g/mol. The van der Waals surface area contributed by atoms with Gasteiger partial charge in [0, 0.05) is 22.8 Å². The summed E-state index contributed by atoms with van der Waals surface area (Å²) in [5, 5.41) is 3.69. The number of pyridine rings is 1. The van der Waals surface area contributed by atoms with Gasteiger partial charge >= 0.3 is 0 Å². The van der Waals surface area contributed by atoms with Crippen LogP contribution in [0.2, 0.25) is 5.02 Å². The van der Waals surface area contributed by atoms with Crippen LogP contribution in [-0.4, -0.2) is 14.5 Å². The second kappa shape index (κ2) is 8.87. The SMILES string of the molecule is CCCCS(=O)Nc1cc(C)c(=O)n(C)c1Nc1ccc(Br)cc1Cl. The van der Waals surface area contributed by atoms with E-state index in [0.29, 0.717) is 33.5 Å². The Kier molecular flexibility index (Phi) is 7.10. The molecule has 136 valence electrons. The lowest BCUT2D eigenvalue weighted by Gasteiger charge is -2.18. The van der Waals surface area contributed by atoms with Gasteiger partial charge in [0.05, 0.1) is 16.4 Å². The number of aromatic nitrogens is 1. The molecule has 2 rings (SSSR count). The average Bonchev–Trinajstić information content (AvgIpc) is 2.56. The third-order valence-electron chi connectivity index (χ3n) is 3.68. The first kappa shape index (κ1) is 20.0. The summed E-state index contributed by atoms with van der Waals surface area (Å²) >= 11 is 9.64. The van der Waals surface area contributed by atoms with Crippen LogP contribution in [0.1, 0.15) is 25.3 Å². The summed E-state index contributed by atoms with van der Waals surface area (Å²) in [4.78, 5) is 12.3. The van der Waals surface area contributed by atoms with Gasteiger partial charge in [-0.25, -0.2) is 4.21 Å². The molecule has 2 aromatic rings. The molecule has 1 aromatic carbocycles. The summed E-state index contributed by atoms with van der Waals surface area (Å²) in [6.45, 7) is 3.79. The molecule has 0 aliphatic rings. The molecule has 2 N–H and O–H groups in total. The highest BCUT2D eigenvalue weighted by Crippen LogP contribution is 2.31. The molecule has 0 fully saturated rings. The normalized spacial score (nSPS) is 12.0. The summed E-state index contributed by atoms with van der Waals surface area (Å²) in [6.07, 6.45) is 1.84. The Balaban J connectivity index is 2.42. The number of halogens is 2. The maximum atomic E-state index is 12.3. The molecule has 0 amide bonds. The van der Waals surface area contributed by atoms with E-state index in [9.17, 15) is 9.00 Å². The number of benzene rings is 1. The summed E-state index contributed by atoms with van der Waals surface area (Å²) in [5.74, 6) is 1.07. The fraction of sp³-hybridized carbons (Fsp3) is 0.353. The van der Waals surface area contributed by atoms with Gasteiger partial charge in [0.25, 0.3) is 5.56 Å². The number of nitrogens with zero attached hydrogens (tertiary/aromatic N) is 1. The Morgan fingerprint density at radius 3 is 2.64 bits per heavy atom. The van der Waals surface area contributed by atoms with Gasteiger partial charge in [0.15, 0.2) is 0 Å². The van der Waals surface area contributed by atoms with Gasteiger partial charge in [-0.2, -0.15) is 0 Å². The highest BCUT2D eigenvalue weighted by atomic mass is 79.9. The van der Waals surface area contributed by atoms with Crippen LogP contribution in [-0.2, 0) is 18.0 Å². The molecule has 1 heterocycles. The molecule has 0 radical (unpaired) electrons. The predicted octanol–water partition coefficient (Wildman–Crippen LogP) is 4.73. The van der Waals surface area contributed by atoms with E-state index in [0.717, 1.165) is 17.3 Å². The number of aryl methyl sites for hydroxylation is 1. The molecule has 5 nitrogen and oxygen atoms in total. The van der Waals surface area contributed by atoms with Crippen LogP contribution < -0.4 is 15.6 Å². The summed E-state index contributed by atoms with van der Waals surface area (Å²) < 4.78 is 17.6. The van der Waals surface area contributed by atoms with Crippen molar-refractivity contribution >= 4 is 55.7 Å². The molecule has 0 saturated heterocycles. The number of hydrogen-bond donors (Lipinski definition) is 2. The van der Waals surface area contributed by atoms with Crippen molar-refractivity contribution in [1.29, 1.82) is 0 Å². The summed E-state index contributed by atoms with van der Waals surface area (Å²) in [6, 6.07) is 7.14. The van der Waals surface area contributed by atoms with Crippen molar-refractivity contribution in [3.05, 3.63) is 49.7 Å². The van der Waals surface area contributed by atoms with E-state index in [1.54, 1.807) is 26.1 Å². The lowest BCUT2D eigenvalue weighted by molar-refractivity contribution is 0.683. The zero-order valence-corrected chi connectivity index (χ0v) is 17.5. The third kappa shape index (κ3) is 5.09. The molecule has 0 spiro atoms. The largest absolute Gasteiger partial charge is 0.339 e. The Morgan fingerprint density at radius 1 is 1.28 bits per heavy atom. The number of anilines is 3. The fourth-order valence-corrected chi connectivity index (χ4v) is 4.06. The molecule has 0 bridgehead atoms. The van der Waals surface area contributed by atoms with Crippen LogP contribution in [0.3, 0.4) is 0 Å². The van der Waals surface area contributed by atoms with Crippen molar-refractivity contribution in [3.8, 4) is 0 Å². The van der Waals surface area contributed by atoms with E-state index >= 15 is 0 Å². The maximum absolute atomic E-state index is 12.3. The van der Waals surface area contributed by atoms with Crippen molar-refractivity contribution in [3.63, 3.8) is 0 Å². The Bertz CT molecular complexity index is 855. The van der Waals surface area contributed by atoms with Crippen molar-refractivity contribution in [2.45, 2.75) is 26.7 Å². The van der Waals surface area contributed by atoms with Gasteiger partial charge in [0.2, 0.25) is 0 Å². The van der Waals surface area contributed by atoms with Gasteiger partial charge < -0.3 is 10.0 Å². The van der Waals surface area contributed by atoms with Crippen molar-refractivity contribution < 1.29 is 4.21 Å². The maximum Gasteiger partial charge on any atom is 0.254 e. The number of nitrogens with one attached hydrogen (secondary N) is 2. The standard InChI is InChI=1S/C17H21BrClN3O2S/c1-4-5-8-25(24)21-15-9-11(2)17(23)22(3)16(15)20-14-7-6-12(18)10-13(14)19/h6-7,9-10,20-21H,4-5,8H2,1-3H3. The second-order valence-corrected chi connectivity index (χ2v) is 8.33. The Morgan fingerprint density at radius 2 is 2.00 bits per heavy atom. The van der Waals surface area contributed by atoms with Crippen LogP contribution in [0.15, 0.2) is 33.5 Å². The van der Waals surface area contributed by atoms with E-state index in [1.807, 2.05) is 12.1 Å². The smallest absolute Gasteiger partial charge is 0.254 e. The molecule has 1 aromatic heterocycles. The van der Waals surface area contributed by atoms with Crippen molar-refractivity contribution in [1.82, 2.24) is 4.57 Å². The molecule has 25 heavy (non-hydrogen) atoms. The molecular formula is C17H21BrClN3O2S. The van der Waals surface area contributed by atoms with Crippen LogP contribution in [0.25, 0.3) is 0 Å². The molecule has 1 atom stereocenters. The topological polar surface area (TPSA) is 63.1 Å². The minimum Gasteiger partial charge on any atom is -0.339 e. The first-order valence-electron chi connectivity index (χ1n) is 7.91. The second-order valence-electron chi connectivity index (χ2n) is 5.71. The fourth-order valence-electron chi connectivity index (χ4n) is 2.29. The molecule has 1 unspecified atom stereocenters. The van der Waals surface area contributed by atoms with E-state index in [-0.39, 0.29) is 5.56 Å². The highest BCUT2D eigenvalue weighted by molar-refractivity contribution is 9.10. The molecule has 8 heteroatoms. The van der Waals surface area contributed by atoms with E-state index in [1.165, 1.54) is 4.57 Å². The van der Waals surface area contributed by atoms with E-state index in [2.05, 4.69) is 32.9 Å². The first-order chi connectivity index (χ1) is 11.8. The molecule has 0 aliphatic heterocycles. The summed E-state index contributed by atoms with van der Waals surface area (Å²) in [5.41, 5.74) is 1.71. The summed E-state index contributed by atoms with van der Waals surface area (Å²) in [7, 11) is 0.454. The van der Waals surface area contributed by atoms with Gasteiger partial charge in [-0.15, -0.1) is 0 Å². The lowest BCUT2D eigenvalue weighted by Crippen LogP contribution is -2.24. The molecule has 0 saturated carbocycles. The molecule has 0 aliphatic carbocycles. The first-order valence-corrected chi connectivity index (χ1v) is 10.4. The van der Waals surface area contributed by atoms with Gasteiger partial charge in [-0.3, -0.25) is 9.36 Å². The van der Waals surface area contributed by atoms with E-state index < -0.39 is 11.0 Å². The number of hydrogen-bond acceptors (Lipinski definition) is 3. The zero-order chi connectivity index (χ0) is 18.6. The van der Waals surface area contributed by atoms with Crippen LogP contribution in [0.5, 0.6) is 0 Å². The van der Waals surface area contributed by atoms with Crippen LogP contribution in [0.4, 0.5) is 17.2 Å². The minimum atomic E-state index is -1.22. The Hall–Kier alpha value is -1.31. The Labute approximate surface area is 163 Å². The van der Waals surface area contributed by atoms with Gasteiger partial charge in [0.1, 0.15) is 16.8 Å². The highest BCUT2D eigenvalue weighted by Gasteiger charge is 2.14. The number of rotatable bonds is 7. The van der Waals surface area contributed by atoms with Crippen LogP contribution >= 0.6 is 27.5 Å². The van der Waals surface area contributed by atoms with Crippen molar-refractivity contribution in [2.24, 2.45) is 7.05 Å². The zero-order valence-electron chi connectivity index (χ0n) is 14.4. The van der Waals surface area contributed by atoms with Gasteiger partial charge in [-0.1, -0.05) is 40.9 Å². The monoisotopic (exact) mass is 445 g/mol. The van der Waals surface area contributed by atoms with Gasteiger partial charge in [-0.05, 0) is 37.6 Å². The molecular weight excluding hydrogens is 426 g/mol. The number of unbranched alkanes of at least 4 members (excludes halogenated alkanes) is 1. The predicted molar refractivity (Wildman–Crippen MR) is 110 cm³/mol. The van der Waals surface area contributed by atoms with E-state index in [4.69, 9.17) is 11.6 Å². The van der Waals surface area contributed by atoms with Crippen molar-refractivity contribution in [2.75, 3.05) is 15.8 Å².